The number of rotatable bonds is 4. The monoisotopic (exact) mass is 373 g/mol. The second-order valence-electron chi connectivity index (χ2n) is 5.66. The van der Waals surface area contributed by atoms with Gasteiger partial charge in [0.15, 0.2) is 0 Å². The fourth-order valence-electron chi connectivity index (χ4n) is 2.44. The van der Waals surface area contributed by atoms with E-state index in [0.717, 1.165) is 9.87 Å². The predicted molar refractivity (Wildman–Crippen MR) is 97.1 cm³/mol. The Bertz CT molecular complexity index is 1000. The number of para-hydroxylation sites is 1. The molecule has 8 heteroatoms. The SMILES string of the molecule is CC1=NS(=O)(=O)N(Cc2ccccc2)C=C1C(=O)Nc1ccccc1F. The van der Waals surface area contributed by atoms with Gasteiger partial charge >= 0.3 is 10.2 Å². The molecule has 1 aliphatic rings. The van der Waals surface area contributed by atoms with E-state index in [-0.39, 0.29) is 23.5 Å². The van der Waals surface area contributed by atoms with E-state index in [4.69, 9.17) is 0 Å². The number of anilines is 1. The van der Waals surface area contributed by atoms with Crippen LogP contribution in [-0.4, -0.2) is 24.3 Å². The molecule has 2 aromatic carbocycles. The zero-order valence-electron chi connectivity index (χ0n) is 13.9. The number of carbonyl (C=O) groups excluding carboxylic acids is 1. The summed E-state index contributed by atoms with van der Waals surface area (Å²) in [6.07, 6.45) is 1.22. The first kappa shape index (κ1) is 17.8. The van der Waals surface area contributed by atoms with Gasteiger partial charge in [0.1, 0.15) is 5.82 Å². The van der Waals surface area contributed by atoms with Crippen molar-refractivity contribution in [3.8, 4) is 0 Å². The van der Waals surface area contributed by atoms with Crippen LogP contribution in [0.4, 0.5) is 10.1 Å². The van der Waals surface area contributed by atoms with Crippen LogP contribution in [0.5, 0.6) is 0 Å². The number of hydrogen-bond donors (Lipinski definition) is 1. The molecule has 0 aromatic heterocycles. The quantitative estimate of drug-likeness (QED) is 0.895. The minimum Gasteiger partial charge on any atom is -0.319 e. The normalized spacial score (nSPS) is 15.8. The second kappa shape index (κ2) is 7.09. The highest BCUT2D eigenvalue weighted by molar-refractivity contribution is 7.88. The molecule has 1 amide bonds. The predicted octanol–water partition coefficient (Wildman–Crippen LogP) is 2.87. The molecule has 2 aromatic rings. The molecule has 1 aliphatic heterocycles. The lowest BCUT2D eigenvalue weighted by atomic mass is 10.1. The molecule has 0 fully saturated rings. The van der Waals surface area contributed by atoms with E-state index in [1.54, 1.807) is 30.3 Å². The maximum Gasteiger partial charge on any atom is 0.344 e. The van der Waals surface area contributed by atoms with E-state index in [1.807, 2.05) is 6.07 Å². The highest BCUT2D eigenvalue weighted by atomic mass is 32.2. The first-order chi connectivity index (χ1) is 12.4. The molecule has 1 heterocycles. The topological polar surface area (TPSA) is 78.8 Å². The average molecular weight is 373 g/mol. The Hall–Kier alpha value is -3.00. The smallest absolute Gasteiger partial charge is 0.319 e. The molecule has 0 spiro atoms. The number of benzene rings is 2. The molecule has 26 heavy (non-hydrogen) atoms. The van der Waals surface area contributed by atoms with Crippen LogP contribution in [0.15, 0.2) is 70.8 Å². The van der Waals surface area contributed by atoms with Crippen LogP contribution in [0.1, 0.15) is 12.5 Å². The average Bonchev–Trinajstić information content (AvgIpc) is 2.59. The Morgan fingerprint density at radius 1 is 1.12 bits per heavy atom. The first-order valence-corrected chi connectivity index (χ1v) is 9.17. The third kappa shape index (κ3) is 3.80. The Labute approximate surface area is 150 Å². The summed E-state index contributed by atoms with van der Waals surface area (Å²) in [6, 6.07) is 14.7. The summed E-state index contributed by atoms with van der Waals surface area (Å²) in [5.41, 5.74) is 0.854. The van der Waals surface area contributed by atoms with E-state index in [2.05, 4.69) is 9.71 Å². The van der Waals surface area contributed by atoms with Gasteiger partial charge in [-0.1, -0.05) is 42.5 Å². The summed E-state index contributed by atoms with van der Waals surface area (Å²) in [5, 5.41) is 2.44. The number of carbonyl (C=O) groups is 1. The van der Waals surface area contributed by atoms with E-state index in [9.17, 15) is 17.6 Å². The van der Waals surface area contributed by atoms with Crippen molar-refractivity contribution in [3.63, 3.8) is 0 Å². The summed E-state index contributed by atoms with van der Waals surface area (Å²) >= 11 is 0. The van der Waals surface area contributed by atoms with Crippen LogP contribution < -0.4 is 5.32 Å². The first-order valence-electron chi connectivity index (χ1n) is 7.77. The summed E-state index contributed by atoms with van der Waals surface area (Å²) in [4.78, 5) is 12.5. The van der Waals surface area contributed by atoms with E-state index in [1.165, 1.54) is 31.3 Å². The molecule has 1 N–H and O–H groups in total. The van der Waals surface area contributed by atoms with Crippen molar-refractivity contribution in [1.29, 1.82) is 0 Å². The molecule has 6 nitrogen and oxygen atoms in total. The zero-order chi connectivity index (χ0) is 18.7. The van der Waals surface area contributed by atoms with Crippen LogP contribution in [0.3, 0.4) is 0 Å². The van der Waals surface area contributed by atoms with Crippen LogP contribution >= 0.6 is 0 Å². The maximum absolute atomic E-state index is 13.7. The van der Waals surface area contributed by atoms with Crippen molar-refractivity contribution < 1.29 is 17.6 Å². The number of amides is 1. The lowest BCUT2D eigenvalue weighted by molar-refractivity contribution is -0.112. The van der Waals surface area contributed by atoms with Crippen LogP contribution in [0.2, 0.25) is 0 Å². The molecule has 0 aliphatic carbocycles. The summed E-state index contributed by atoms with van der Waals surface area (Å²) < 4.78 is 42.9. The highest BCUT2D eigenvalue weighted by Crippen LogP contribution is 2.21. The molecule has 0 saturated carbocycles. The minimum atomic E-state index is -3.93. The summed E-state index contributed by atoms with van der Waals surface area (Å²) in [7, 11) is -3.93. The van der Waals surface area contributed by atoms with Gasteiger partial charge in [0.25, 0.3) is 5.91 Å². The van der Waals surface area contributed by atoms with Gasteiger partial charge in [-0.05, 0) is 24.6 Å². The molecule has 0 radical (unpaired) electrons. The number of halogens is 1. The Balaban J connectivity index is 1.88. The molecule has 134 valence electrons. The number of hydrogen-bond acceptors (Lipinski definition) is 3. The van der Waals surface area contributed by atoms with E-state index >= 15 is 0 Å². The van der Waals surface area contributed by atoms with Gasteiger partial charge < -0.3 is 5.32 Å². The van der Waals surface area contributed by atoms with E-state index < -0.39 is 21.9 Å². The molecule has 3 rings (SSSR count). The fourth-order valence-corrected chi connectivity index (χ4v) is 3.54. The Kier molecular flexibility index (Phi) is 4.85. The largest absolute Gasteiger partial charge is 0.344 e. The highest BCUT2D eigenvalue weighted by Gasteiger charge is 2.28. The Morgan fingerprint density at radius 2 is 1.77 bits per heavy atom. The van der Waals surface area contributed by atoms with Crippen molar-refractivity contribution in [3.05, 3.63) is 77.8 Å². The van der Waals surface area contributed by atoms with Crippen molar-refractivity contribution >= 4 is 27.5 Å². The third-order valence-electron chi connectivity index (χ3n) is 3.76. The van der Waals surface area contributed by atoms with Crippen molar-refractivity contribution in [2.45, 2.75) is 13.5 Å². The molecule has 0 atom stereocenters. The van der Waals surface area contributed by atoms with E-state index in [0.29, 0.717) is 0 Å². The lowest BCUT2D eigenvalue weighted by Gasteiger charge is -2.23. The third-order valence-corrected chi connectivity index (χ3v) is 5.09. The molecule has 0 unspecified atom stereocenters. The zero-order valence-corrected chi connectivity index (χ0v) is 14.7. The number of nitrogens with zero attached hydrogens (tertiary/aromatic N) is 2. The van der Waals surface area contributed by atoms with Gasteiger partial charge in [-0.3, -0.25) is 9.10 Å². The van der Waals surface area contributed by atoms with Gasteiger partial charge in [0.05, 0.1) is 23.5 Å². The Morgan fingerprint density at radius 3 is 2.46 bits per heavy atom. The van der Waals surface area contributed by atoms with Crippen LogP contribution in [0.25, 0.3) is 0 Å². The van der Waals surface area contributed by atoms with Crippen molar-refractivity contribution in [1.82, 2.24) is 4.31 Å². The molecule has 0 saturated heterocycles. The summed E-state index contributed by atoms with van der Waals surface area (Å²) in [6.45, 7) is 1.46. The molecule has 0 bridgehead atoms. The molecular weight excluding hydrogens is 357 g/mol. The number of nitrogens with one attached hydrogen (secondary N) is 1. The van der Waals surface area contributed by atoms with Gasteiger partial charge in [0.2, 0.25) is 0 Å². The molecular formula is C18H16FN3O3S. The standard InChI is InChI=1S/C18H16FN3O3S/c1-13-15(18(23)20-17-10-6-5-9-16(17)19)12-22(26(24,25)21-13)11-14-7-3-2-4-8-14/h2-10,12H,11H2,1H3,(H,20,23). The lowest BCUT2D eigenvalue weighted by Crippen LogP contribution is -2.32. The van der Waals surface area contributed by atoms with Gasteiger partial charge in [-0.15, -0.1) is 4.40 Å². The van der Waals surface area contributed by atoms with Crippen LogP contribution in [0, 0.1) is 5.82 Å². The van der Waals surface area contributed by atoms with Gasteiger partial charge in [-0.2, -0.15) is 8.42 Å². The van der Waals surface area contributed by atoms with Crippen molar-refractivity contribution in [2.24, 2.45) is 4.40 Å². The fraction of sp³-hybridized carbons (Fsp3) is 0.111. The van der Waals surface area contributed by atoms with Crippen molar-refractivity contribution in [2.75, 3.05) is 5.32 Å². The minimum absolute atomic E-state index is 0.00856. The summed E-state index contributed by atoms with van der Waals surface area (Å²) in [5.74, 6) is -1.22. The van der Waals surface area contributed by atoms with Crippen LogP contribution in [-0.2, 0) is 21.5 Å². The maximum atomic E-state index is 13.7. The van der Waals surface area contributed by atoms with Gasteiger partial charge in [0, 0.05) is 6.20 Å². The van der Waals surface area contributed by atoms with Gasteiger partial charge in [-0.25, -0.2) is 4.39 Å². The second-order valence-corrected chi connectivity index (χ2v) is 7.21.